The number of aromatic nitrogens is 3. The predicted molar refractivity (Wildman–Crippen MR) is 115 cm³/mol. The van der Waals surface area contributed by atoms with Gasteiger partial charge in [0.2, 0.25) is 0 Å². The van der Waals surface area contributed by atoms with E-state index in [1.165, 1.54) is 48.8 Å². The molecule has 1 aromatic heterocycles. The fourth-order valence-electron chi connectivity index (χ4n) is 3.88. The van der Waals surface area contributed by atoms with Gasteiger partial charge in [0.15, 0.2) is 11.8 Å². The van der Waals surface area contributed by atoms with E-state index in [-0.39, 0.29) is 0 Å². The molecule has 0 spiro atoms. The summed E-state index contributed by atoms with van der Waals surface area (Å²) >= 11 is 0. The standard InChI is InChI=1S/C22H34N6/c1-16-9-8-10-17(2)20(16)13-14-23-22(25-19-11-6-5-7-12-19)24-15-21-27-26-18(3)28(21)4/h8-10,19H,5-7,11-15H2,1-4H3,(H2,23,24,25). The van der Waals surface area contributed by atoms with Crippen molar-refractivity contribution < 1.29 is 0 Å². The Morgan fingerprint density at radius 2 is 1.82 bits per heavy atom. The van der Waals surface area contributed by atoms with E-state index in [1.807, 2.05) is 18.5 Å². The number of aryl methyl sites for hydroxylation is 3. The maximum Gasteiger partial charge on any atom is 0.191 e. The largest absolute Gasteiger partial charge is 0.356 e. The van der Waals surface area contributed by atoms with Gasteiger partial charge in [-0.15, -0.1) is 10.2 Å². The van der Waals surface area contributed by atoms with E-state index < -0.39 is 0 Å². The van der Waals surface area contributed by atoms with Gasteiger partial charge in [0, 0.05) is 19.6 Å². The molecule has 0 bridgehead atoms. The average Bonchev–Trinajstić information content (AvgIpc) is 3.01. The molecule has 0 radical (unpaired) electrons. The first-order valence-electron chi connectivity index (χ1n) is 10.5. The lowest BCUT2D eigenvalue weighted by Crippen LogP contribution is -2.45. The van der Waals surface area contributed by atoms with Crippen LogP contribution in [0, 0.1) is 20.8 Å². The first kappa shape index (κ1) is 20.4. The number of benzene rings is 1. The van der Waals surface area contributed by atoms with Gasteiger partial charge in [-0.05, 0) is 56.7 Å². The molecule has 0 atom stereocenters. The van der Waals surface area contributed by atoms with Crippen LogP contribution in [0.5, 0.6) is 0 Å². The van der Waals surface area contributed by atoms with Crippen molar-refractivity contribution in [3.8, 4) is 0 Å². The fourth-order valence-corrected chi connectivity index (χ4v) is 3.88. The van der Waals surface area contributed by atoms with Gasteiger partial charge in [-0.2, -0.15) is 0 Å². The van der Waals surface area contributed by atoms with E-state index in [0.717, 1.165) is 30.6 Å². The van der Waals surface area contributed by atoms with E-state index in [2.05, 4.69) is 52.9 Å². The van der Waals surface area contributed by atoms with Crippen molar-refractivity contribution in [2.45, 2.75) is 71.9 Å². The second-order valence-corrected chi connectivity index (χ2v) is 7.91. The molecule has 6 nitrogen and oxygen atoms in total. The summed E-state index contributed by atoms with van der Waals surface area (Å²) in [7, 11) is 1.99. The number of hydrogen-bond donors (Lipinski definition) is 2. The molecule has 28 heavy (non-hydrogen) atoms. The average molecular weight is 383 g/mol. The van der Waals surface area contributed by atoms with Crippen LogP contribution in [-0.4, -0.2) is 33.3 Å². The SMILES string of the molecule is Cc1cccc(C)c1CCNC(=NCc1nnc(C)n1C)NC1CCCCC1. The van der Waals surface area contributed by atoms with Gasteiger partial charge >= 0.3 is 0 Å². The molecule has 0 amide bonds. The summed E-state index contributed by atoms with van der Waals surface area (Å²) in [5.74, 6) is 2.69. The minimum Gasteiger partial charge on any atom is -0.356 e. The molecular formula is C22H34N6. The van der Waals surface area contributed by atoms with Gasteiger partial charge in [0.1, 0.15) is 12.4 Å². The van der Waals surface area contributed by atoms with Gasteiger partial charge in [-0.1, -0.05) is 37.5 Å². The number of nitrogens with zero attached hydrogens (tertiary/aromatic N) is 4. The highest BCUT2D eigenvalue weighted by Gasteiger charge is 2.15. The van der Waals surface area contributed by atoms with Crippen molar-refractivity contribution in [3.05, 3.63) is 46.5 Å². The lowest BCUT2D eigenvalue weighted by molar-refractivity contribution is 0.409. The zero-order valence-electron chi connectivity index (χ0n) is 17.8. The lowest BCUT2D eigenvalue weighted by Gasteiger charge is -2.25. The Morgan fingerprint density at radius 1 is 1.11 bits per heavy atom. The molecule has 1 aromatic carbocycles. The highest BCUT2D eigenvalue weighted by atomic mass is 15.3. The lowest BCUT2D eigenvalue weighted by atomic mass is 9.96. The summed E-state index contributed by atoms with van der Waals surface area (Å²) in [6, 6.07) is 7.02. The number of hydrogen-bond acceptors (Lipinski definition) is 3. The van der Waals surface area contributed by atoms with Crippen LogP contribution in [0.1, 0.15) is 60.4 Å². The zero-order chi connectivity index (χ0) is 19.9. The monoisotopic (exact) mass is 382 g/mol. The van der Waals surface area contributed by atoms with E-state index in [1.54, 1.807) is 0 Å². The Hall–Kier alpha value is -2.37. The van der Waals surface area contributed by atoms with Crippen LogP contribution in [-0.2, 0) is 20.0 Å². The quantitative estimate of drug-likeness (QED) is 0.594. The Labute approximate surface area is 168 Å². The Kier molecular flexibility index (Phi) is 7.06. The fraction of sp³-hybridized carbons (Fsp3) is 0.591. The van der Waals surface area contributed by atoms with Gasteiger partial charge in [-0.25, -0.2) is 4.99 Å². The Bertz CT molecular complexity index is 781. The molecule has 1 aliphatic carbocycles. The summed E-state index contributed by atoms with van der Waals surface area (Å²) in [4.78, 5) is 4.81. The van der Waals surface area contributed by atoms with Gasteiger partial charge in [-0.3, -0.25) is 0 Å². The third-order valence-electron chi connectivity index (χ3n) is 5.82. The molecule has 1 heterocycles. The molecule has 2 N–H and O–H groups in total. The molecule has 3 rings (SSSR count). The molecule has 0 saturated heterocycles. The zero-order valence-corrected chi connectivity index (χ0v) is 17.8. The molecule has 2 aromatic rings. The normalized spacial score (nSPS) is 15.6. The first-order valence-corrected chi connectivity index (χ1v) is 10.5. The van der Waals surface area contributed by atoms with Crippen molar-refractivity contribution in [2.24, 2.45) is 12.0 Å². The van der Waals surface area contributed by atoms with Crippen molar-refractivity contribution in [3.63, 3.8) is 0 Å². The van der Waals surface area contributed by atoms with Crippen molar-refractivity contribution >= 4 is 5.96 Å². The Morgan fingerprint density at radius 3 is 2.46 bits per heavy atom. The predicted octanol–water partition coefficient (Wildman–Crippen LogP) is 3.35. The van der Waals surface area contributed by atoms with E-state index in [0.29, 0.717) is 12.6 Å². The molecular weight excluding hydrogens is 348 g/mol. The maximum absolute atomic E-state index is 4.81. The molecule has 1 saturated carbocycles. The second kappa shape index (κ2) is 9.71. The van der Waals surface area contributed by atoms with Crippen molar-refractivity contribution in [1.82, 2.24) is 25.4 Å². The molecule has 152 valence electrons. The first-order chi connectivity index (χ1) is 13.5. The van der Waals surface area contributed by atoms with Crippen LogP contribution in [0.15, 0.2) is 23.2 Å². The summed E-state index contributed by atoms with van der Waals surface area (Å²) in [5.41, 5.74) is 4.14. The summed E-state index contributed by atoms with van der Waals surface area (Å²) < 4.78 is 2.00. The minimum atomic E-state index is 0.515. The molecule has 1 fully saturated rings. The van der Waals surface area contributed by atoms with Crippen LogP contribution in [0.3, 0.4) is 0 Å². The van der Waals surface area contributed by atoms with Crippen LogP contribution in [0.4, 0.5) is 0 Å². The van der Waals surface area contributed by atoms with Crippen molar-refractivity contribution in [2.75, 3.05) is 6.54 Å². The minimum absolute atomic E-state index is 0.515. The highest BCUT2D eigenvalue weighted by Crippen LogP contribution is 2.17. The number of aliphatic imine (C=N–C) groups is 1. The topological polar surface area (TPSA) is 67.1 Å². The number of rotatable bonds is 6. The smallest absolute Gasteiger partial charge is 0.191 e. The van der Waals surface area contributed by atoms with E-state index >= 15 is 0 Å². The van der Waals surface area contributed by atoms with Crippen molar-refractivity contribution in [1.29, 1.82) is 0 Å². The van der Waals surface area contributed by atoms with E-state index in [9.17, 15) is 0 Å². The summed E-state index contributed by atoms with van der Waals surface area (Å²) in [6.07, 6.45) is 7.39. The molecule has 0 aliphatic heterocycles. The van der Waals surface area contributed by atoms with Gasteiger partial charge in [0.25, 0.3) is 0 Å². The third kappa shape index (κ3) is 5.33. The third-order valence-corrected chi connectivity index (χ3v) is 5.82. The summed E-state index contributed by atoms with van der Waals surface area (Å²) in [6.45, 7) is 7.73. The highest BCUT2D eigenvalue weighted by molar-refractivity contribution is 5.80. The van der Waals surface area contributed by atoms with Crippen LogP contribution in [0.2, 0.25) is 0 Å². The molecule has 1 aliphatic rings. The van der Waals surface area contributed by atoms with Gasteiger partial charge < -0.3 is 15.2 Å². The summed E-state index contributed by atoms with van der Waals surface area (Å²) in [5, 5.41) is 15.6. The maximum atomic E-state index is 4.81. The van der Waals surface area contributed by atoms with E-state index in [4.69, 9.17) is 4.99 Å². The second-order valence-electron chi connectivity index (χ2n) is 7.91. The van der Waals surface area contributed by atoms with Crippen LogP contribution >= 0.6 is 0 Å². The number of guanidine groups is 1. The Balaban J connectivity index is 1.64. The molecule has 0 unspecified atom stereocenters. The van der Waals surface area contributed by atoms with Gasteiger partial charge in [0.05, 0.1) is 0 Å². The molecule has 6 heteroatoms. The van der Waals surface area contributed by atoms with Crippen LogP contribution < -0.4 is 10.6 Å². The van der Waals surface area contributed by atoms with Crippen LogP contribution in [0.25, 0.3) is 0 Å². The number of nitrogens with one attached hydrogen (secondary N) is 2.